The van der Waals surface area contributed by atoms with Crippen molar-refractivity contribution in [3.05, 3.63) is 54.1 Å². The first kappa shape index (κ1) is 13.0. The average Bonchev–Trinajstić information content (AvgIpc) is 2.76. The zero-order valence-corrected chi connectivity index (χ0v) is 9.48. The Kier molecular flexibility index (Phi) is 6.91. The Bertz CT molecular complexity index is 291. The van der Waals surface area contributed by atoms with Gasteiger partial charge in [0.2, 0.25) is 0 Å². The van der Waals surface area contributed by atoms with Crippen LogP contribution in [0.15, 0.2) is 48.5 Å². The van der Waals surface area contributed by atoms with Gasteiger partial charge in [0.05, 0.1) is 7.11 Å². The van der Waals surface area contributed by atoms with Crippen LogP contribution in [0.5, 0.6) is 5.75 Å². The minimum Gasteiger partial charge on any atom is -0.523 e. The number of methoxy groups -OCH3 is 1. The smallest absolute Gasteiger partial charge is 0.523 e. The van der Waals surface area contributed by atoms with Gasteiger partial charge < -0.3 is 4.74 Å². The summed E-state index contributed by atoms with van der Waals surface area (Å²) in [5, 5.41) is 0. The van der Waals surface area contributed by atoms with E-state index in [1.54, 1.807) is 7.11 Å². The fraction of sp³-hybridized carbons (Fsp3) is 0.167. The van der Waals surface area contributed by atoms with Crippen molar-refractivity contribution in [2.45, 2.75) is 6.92 Å². The molecule has 14 heavy (non-hydrogen) atoms. The molecule has 2 aromatic rings. The van der Waals surface area contributed by atoms with Gasteiger partial charge in [0, 0.05) is 5.75 Å². The van der Waals surface area contributed by atoms with Gasteiger partial charge >= 0.3 is 17.1 Å². The fourth-order valence-corrected chi connectivity index (χ4v) is 1.04. The third kappa shape index (κ3) is 4.31. The SMILES string of the molecule is COc1ccc[c-]1C.[Fe+2].c1cc[cH-]c1. The maximum Gasteiger partial charge on any atom is 2.00 e. The monoisotopic (exact) mass is 230 g/mol. The number of rotatable bonds is 1. The predicted molar refractivity (Wildman–Crippen MR) is 55.4 cm³/mol. The quantitative estimate of drug-likeness (QED) is 0.540. The molecule has 2 rings (SSSR count). The topological polar surface area (TPSA) is 9.23 Å². The van der Waals surface area contributed by atoms with Crippen LogP contribution >= 0.6 is 0 Å². The summed E-state index contributed by atoms with van der Waals surface area (Å²) in [7, 11) is 1.68. The number of aryl methyl sites for hydroxylation is 1. The molecule has 0 aromatic heterocycles. The minimum absolute atomic E-state index is 0. The van der Waals surface area contributed by atoms with Gasteiger partial charge in [0.25, 0.3) is 0 Å². The molecule has 0 heterocycles. The molecule has 0 amide bonds. The van der Waals surface area contributed by atoms with E-state index in [-0.39, 0.29) is 17.1 Å². The normalized spacial score (nSPS) is 8.14. The van der Waals surface area contributed by atoms with Gasteiger partial charge in [-0.15, -0.1) is 5.56 Å². The summed E-state index contributed by atoms with van der Waals surface area (Å²) >= 11 is 0. The molecule has 2 aromatic carbocycles. The van der Waals surface area contributed by atoms with E-state index in [4.69, 9.17) is 4.74 Å². The molecule has 0 spiro atoms. The van der Waals surface area contributed by atoms with Crippen LogP contribution in [0.2, 0.25) is 0 Å². The van der Waals surface area contributed by atoms with Crippen molar-refractivity contribution < 1.29 is 21.8 Å². The molecule has 0 radical (unpaired) electrons. The van der Waals surface area contributed by atoms with Gasteiger partial charge in [0.1, 0.15) is 0 Å². The van der Waals surface area contributed by atoms with E-state index in [0.717, 1.165) is 5.75 Å². The first-order valence-corrected chi connectivity index (χ1v) is 4.27. The largest absolute Gasteiger partial charge is 2.00 e. The average molecular weight is 230 g/mol. The summed E-state index contributed by atoms with van der Waals surface area (Å²) in [4.78, 5) is 0. The summed E-state index contributed by atoms with van der Waals surface area (Å²) in [6, 6.07) is 16.0. The van der Waals surface area contributed by atoms with Crippen LogP contribution in [-0.4, -0.2) is 7.11 Å². The van der Waals surface area contributed by atoms with E-state index in [2.05, 4.69) is 0 Å². The third-order valence-electron chi connectivity index (χ3n) is 1.76. The molecule has 0 N–H and O–H groups in total. The maximum atomic E-state index is 4.98. The number of ether oxygens (including phenoxy) is 1. The van der Waals surface area contributed by atoms with E-state index in [9.17, 15) is 0 Å². The van der Waals surface area contributed by atoms with Crippen molar-refractivity contribution in [1.82, 2.24) is 0 Å². The minimum atomic E-state index is 0. The van der Waals surface area contributed by atoms with Crippen molar-refractivity contribution >= 4 is 0 Å². The Labute approximate surface area is 95.9 Å². The molecule has 0 fully saturated rings. The molecule has 0 aliphatic carbocycles. The van der Waals surface area contributed by atoms with Gasteiger partial charge in [-0.2, -0.15) is 30.3 Å². The van der Waals surface area contributed by atoms with Crippen LogP contribution in [0, 0.1) is 6.92 Å². The first-order chi connectivity index (χ1) is 6.34. The summed E-state index contributed by atoms with van der Waals surface area (Å²) in [6.07, 6.45) is 0. The molecule has 0 bridgehead atoms. The molecular weight excluding hydrogens is 216 g/mol. The Morgan fingerprint density at radius 3 is 2.07 bits per heavy atom. The summed E-state index contributed by atoms with van der Waals surface area (Å²) < 4.78 is 4.98. The summed E-state index contributed by atoms with van der Waals surface area (Å²) in [5.41, 5.74) is 1.20. The molecule has 0 aliphatic heterocycles. The van der Waals surface area contributed by atoms with Crippen molar-refractivity contribution in [3.8, 4) is 5.75 Å². The van der Waals surface area contributed by atoms with E-state index in [1.165, 1.54) is 5.56 Å². The van der Waals surface area contributed by atoms with Crippen molar-refractivity contribution in [2.24, 2.45) is 0 Å². The Morgan fingerprint density at radius 2 is 1.86 bits per heavy atom. The van der Waals surface area contributed by atoms with Gasteiger partial charge in [0.15, 0.2) is 0 Å². The zero-order chi connectivity index (χ0) is 9.52. The third-order valence-corrected chi connectivity index (χ3v) is 1.76. The van der Waals surface area contributed by atoms with Gasteiger partial charge in [-0.3, -0.25) is 0 Å². The standard InChI is InChI=1S/C7H9O.C5H5.Fe/c1-6-4-3-5-7(6)8-2;1-2-4-5-3-1;/h3-5H,1-2H3;1-5H;/q2*-1;+2. The van der Waals surface area contributed by atoms with E-state index >= 15 is 0 Å². The van der Waals surface area contributed by atoms with Gasteiger partial charge in [-0.25, -0.2) is 18.2 Å². The molecule has 0 aliphatic rings. The second kappa shape index (κ2) is 7.43. The zero-order valence-electron chi connectivity index (χ0n) is 8.38. The van der Waals surface area contributed by atoms with Crippen LogP contribution in [0.1, 0.15) is 5.56 Å². The number of hydrogen-bond donors (Lipinski definition) is 0. The Hall–Kier alpha value is -0.981. The molecule has 76 valence electrons. The van der Waals surface area contributed by atoms with E-state index in [0.29, 0.717) is 0 Å². The van der Waals surface area contributed by atoms with Gasteiger partial charge in [-0.1, -0.05) is 6.92 Å². The molecule has 0 unspecified atom stereocenters. The first-order valence-electron chi connectivity index (χ1n) is 4.27. The van der Waals surface area contributed by atoms with E-state index in [1.807, 2.05) is 55.5 Å². The van der Waals surface area contributed by atoms with Gasteiger partial charge in [-0.05, 0) is 0 Å². The van der Waals surface area contributed by atoms with E-state index < -0.39 is 0 Å². The summed E-state index contributed by atoms with van der Waals surface area (Å²) in [5.74, 6) is 0.977. The molecule has 0 atom stereocenters. The van der Waals surface area contributed by atoms with Crippen LogP contribution in [0.4, 0.5) is 0 Å². The predicted octanol–water partition coefficient (Wildman–Crippen LogP) is 3.13. The van der Waals surface area contributed by atoms with Crippen LogP contribution in [0.25, 0.3) is 0 Å². The molecule has 1 nitrogen and oxygen atoms in total. The maximum absolute atomic E-state index is 4.98. The second-order valence-electron chi connectivity index (χ2n) is 2.74. The van der Waals surface area contributed by atoms with Crippen LogP contribution in [0.3, 0.4) is 0 Å². The van der Waals surface area contributed by atoms with Crippen LogP contribution in [-0.2, 0) is 17.1 Å². The van der Waals surface area contributed by atoms with Crippen molar-refractivity contribution in [2.75, 3.05) is 7.11 Å². The second-order valence-corrected chi connectivity index (χ2v) is 2.74. The molecular formula is C12H14FeO. The van der Waals surface area contributed by atoms with Crippen molar-refractivity contribution in [1.29, 1.82) is 0 Å². The van der Waals surface area contributed by atoms with Crippen LogP contribution < -0.4 is 4.74 Å². The Morgan fingerprint density at radius 1 is 1.21 bits per heavy atom. The fourth-order valence-electron chi connectivity index (χ4n) is 1.04. The molecule has 0 saturated carbocycles. The Balaban J connectivity index is 0.000000246. The van der Waals surface area contributed by atoms with Crippen molar-refractivity contribution in [3.63, 3.8) is 0 Å². The number of hydrogen-bond acceptors (Lipinski definition) is 1. The molecule has 0 saturated heterocycles. The summed E-state index contributed by atoms with van der Waals surface area (Å²) in [6.45, 7) is 2.03. The molecule has 2 heteroatoms.